The molecule has 5 heteroatoms. The standard InChI is InChI=1S/C14H16F3NO/c15-14(16,17)12-4-1-10(2-5-12)3-6-13(19)11-7-8-18-9-11/h1-6,11,13,18-19H,7-9H2/b6-3+/t11-,13?/m0/s1. The minimum Gasteiger partial charge on any atom is -0.389 e. The quantitative estimate of drug-likeness (QED) is 0.886. The Morgan fingerprint density at radius 2 is 1.95 bits per heavy atom. The third-order valence-electron chi connectivity index (χ3n) is 3.31. The van der Waals surface area contributed by atoms with Gasteiger partial charge in [0.1, 0.15) is 0 Å². The molecular weight excluding hydrogens is 255 g/mol. The van der Waals surface area contributed by atoms with Crippen LogP contribution < -0.4 is 5.32 Å². The lowest BCUT2D eigenvalue weighted by atomic mass is 10.0. The van der Waals surface area contributed by atoms with Crippen molar-refractivity contribution in [3.05, 3.63) is 41.5 Å². The van der Waals surface area contributed by atoms with E-state index in [1.165, 1.54) is 12.1 Å². The van der Waals surface area contributed by atoms with Crippen LogP contribution in [0.1, 0.15) is 17.5 Å². The van der Waals surface area contributed by atoms with Gasteiger partial charge in [0.25, 0.3) is 0 Å². The molecule has 1 heterocycles. The van der Waals surface area contributed by atoms with E-state index in [4.69, 9.17) is 0 Å². The van der Waals surface area contributed by atoms with Crippen molar-refractivity contribution in [2.24, 2.45) is 5.92 Å². The summed E-state index contributed by atoms with van der Waals surface area (Å²) in [5, 5.41) is 13.0. The predicted molar refractivity (Wildman–Crippen MR) is 67.5 cm³/mol. The molecule has 1 saturated heterocycles. The topological polar surface area (TPSA) is 32.3 Å². The van der Waals surface area contributed by atoms with Crippen LogP contribution in [0.2, 0.25) is 0 Å². The van der Waals surface area contributed by atoms with E-state index >= 15 is 0 Å². The summed E-state index contributed by atoms with van der Waals surface area (Å²) in [6.45, 7) is 1.67. The third-order valence-corrected chi connectivity index (χ3v) is 3.31. The van der Waals surface area contributed by atoms with E-state index in [-0.39, 0.29) is 5.92 Å². The lowest BCUT2D eigenvalue weighted by Crippen LogP contribution is -2.20. The first kappa shape index (κ1) is 14.1. The van der Waals surface area contributed by atoms with Crippen molar-refractivity contribution in [1.29, 1.82) is 0 Å². The lowest BCUT2D eigenvalue weighted by Gasteiger charge is -2.12. The zero-order chi connectivity index (χ0) is 13.9. The Balaban J connectivity index is 1.99. The predicted octanol–water partition coefficient (Wildman–Crippen LogP) is 2.69. The molecule has 2 nitrogen and oxygen atoms in total. The SMILES string of the molecule is OC(/C=C/c1ccc(C(F)(F)F)cc1)[C@H]1CCNC1. The Labute approximate surface area is 109 Å². The van der Waals surface area contributed by atoms with Gasteiger partial charge in [-0.25, -0.2) is 0 Å². The summed E-state index contributed by atoms with van der Waals surface area (Å²) in [5.41, 5.74) is -0.0109. The highest BCUT2D eigenvalue weighted by atomic mass is 19.4. The van der Waals surface area contributed by atoms with Gasteiger partial charge in [-0.05, 0) is 30.7 Å². The van der Waals surface area contributed by atoms with Gasteiger partial charge in [-0.3, -0.25) is 0 Å². The monoisotopic (exact) mass is 271 g/mol. The molecule has 0 aliphatic carbocycles. The fraction of sp³-hybridized carbons (Fsp3) is 0.429. The third kappa shape index (κ3) is 3.81. The molecule has 0 aromatic heterocycles. The number of nitrogens with one attached hydrogen (secondary N) is 1. The van der Waals surface area contributed by atoms with Crippen LogP contribution in [0.3, 0.4) is 0 Å². The number of hydrogen-bond donors (Lipinski definition) is 2. The Hall–Kier alpha value is -1.33. The zero-order valence-electron chi connectivity index (χ0n) is 10.3. The smallest absolute Gasteiger partial charge is 0.389 e. The number of hydrogen-bond acceptors (Lipinski definition) is 2. The van der Waals surface area contributed by atoms with Crippen molar-refractivity contribution in [3.63, 3.8) is 0 Å². The van der Waals surface area contributed by atoms with E-state index in [0.717, 1.165) is 31.6 Å². The van der Waals surface area contributed by atoms with Crippen molar-refractivity contribution in [3.8, 4) is 0 Å². The molecule has 0 saturated carbocycles. The van der Waals surface area contributed by atoms with Gasteiger partial charge in [0.05, 0.1) is 11.7 Å². The summed E-state index contributed by atoms with van der Waals surface area (Å²) in [5.74, 6) is 0.186. The van der Waals surface area contributed by atoms with Crippen molar-refractivity contribution in [2.45, 2.75) is 18.7 Å². The molecule has 1 aromatic rings. The number of benzene rings is 1. The van der Waals surface area contributed by atoms with E-state index in [1.807, 2.05) is 0 Å². The number of rotatable bonds is 3. The van der Waals surface area contributed by atoms with Crippen molar-refractivity contribution in [2.75, 3.05) is 13.1 Å². The Morgan fingerprint density at radius 3 is 2.47 bits per heavy atom. The van der Waals surface area contributed by atoms with Crippen molar-refractivity contribution >= 4 is 6.08 Å². The van der Waals surface area contributed by atoms with E-state index in [2.05, 4.69) is 5.32 Å². The molecule has 1 aromatic carbocycles. The highest BCUT2D eigenvalue weighted by Gasteiger charge is 2.29. The zero-order valence-corrected chi connectivity index (χ0v) is 10.3. The molecule has 2 atom stereocenters. The molecule has 0 spiro atoms. The maximum Gasteiger partial charge on any atom is 0.416 e. The minimum atomic E-state index is -4.31. The molecule has 2 N–H and O–H groups in total. The van der Waals surface area contributed by atoms with Gasteiger partial charge >= 0.3 is 6.18 Å². The van der Waals surface area contributed by atoms with Gasteiger partial charge in [-0.15, -0.1) is 0 Å². The van der Waals surface area contributed by atoms with Crippen molar-refractivity contribution in [1.82, 2.24) is 5.32 Å². The van der Waals surface area contributed by atoms with E-state index in [9.17, 15) is 18.3 Å². The van der Waals surface area contributed by atoms with Gasteiger partial charge < -0.3 is 10.4 Å². The van der Waals surface area contributed by atoms with Gasteiger partial charge in [-0.1, -0.05) is 24.3 Å². The Kier molecular flexibility index (Phi) is 4.27. The molecule has 1 fully saturated rings. The Morgan fingerprint density at radius 1 is 1.26 bits per heavy atom. The highest BCUT2D eigenvalue weighted by molar-refractivity contribution is 5.50. The van der Waals surface area contributed by atoms with Crippen LogP contribution in [0.4, 0.5) is 13.2 Å². The first-order valence-corrected chi connectivity index (χ1v) is 6.21. The van der Waals surface area contributed by atoms with Crippen molar-refractivity contribution < 1.29 is 18.3 Å². The molecular formula is C14H16F3NO. The summed E-state index contributed by atoms with van der Waals surface area (Å²) in [6.07, 6.45) is -0.656. The normalized spacial score (nSPS) is 22.0. The average molecular weight is 271 g/mol. The van der Waals surface area contributed by atoms with E-state index in [1.54, 1.807) is 12.2 Å². The molecule has 0 amide bonds. The summed E-state index contributed by atoms with van der Waals surface area (Å²) in [6, 6.07) is 4.89. The van der Waals surface area contributed by atoms with E-state index < -0.39 is 17.8 Å². The first-order chi connectivity index (χ1) is 8.97. The molecule has 1 aliphatic rings. The molecule has 19 heavy (non-hydrogen) atoms. The molecule has 0 bridgehead atoms. The number of aliphatic hydroxyl groups is 1. The lowest BCUT2D eigenvalue weighted by molar-refractivity contribution is -0.137. The van der Waals surface area contributed by atoms with Crippen LogP contribution in [-0.4, -0.2) is 24.3 Å². The maximum atomic E-state index is 12.4. The van der Waals surface area contributed by atoms with Crippen LogP contribution in [-0.2, 0) is 6.18 Å². The van der Waals surface area contributed by atoms with Crippen LogP contribution >= 0.6 is 0 Å². The minimum absolute atomic E-state index is 0.186. The summed E-state index contributed by atoms with van der Waals surface area (Å²) in [4.78, 5) is 0. The summed E-state index contributed by atoms with van der Waals surface area (Å²) < 4.78 is 37.1. The van der Waals surface area contributed by atoms with Crippen LogP contribution in [0.5, 0.6) is 0 Å². The van der Waals surface area contributed by atoms with E-state index in [0.29, 0.717) is 5.56 Å². The van der Waals surface area contributed by atoms with Crippen LogP contribution in [0.15, 0.2) is 30.3 Å². The Bertz CT molecular complexity index is 433. The maximum absolute atomic E-state index is 12.4. The number of alkyl halides is 3. The number of halogens is 3. The largest absolute Gasteiger partial charge is 0.416 e. The fourth-order valence-electron chi connectivity index (χ4n) is 2.12. The highest BCUT2D eigenvalue weighted by Crippen LogP contribution is 2.29. The molecule has 104 valence electrons. The molecule has 1 unspecified atom stereocenters. The van der Waals surface area contributed by atoms with Crippen LogP contribution in [0.25, 0.3) is 6.08 Å². The second kappa shape index (κ2) is 5.75. The first-order valence-electron chi connectivity index (χ1n) is 6.21. The van der Waals surface area contributed by atoms with Gasteiger partial charge in [0, 0.05) is 12.5 Å². The second-order valence-electron chi connectivity index (χ2n) is 4.72. The second-order valence-corrected chi connectivity index (χ2v) is 4.72. The van der Waals surface area contributed by atoms with Crippen LogP contribution in [0, 0.1) is 5.92 Å². The molecule has 0 radical (unpaired) electrons. The molecule has 1 aliphatic heterocycles. The fourth-order valence-corrected chi connectivity index (χ4v) is 2.12. The van der Waals surface area contributed by atoms with Gasteiger partial charge in [-0.2, -0.15) is 13.2 Å². The van der Waals surface area contributed by atoms with Gasteiger partial charge in [0.2, 0.25) is 0 Å². The average Bonchev–Trinajstić information content (AvgIpc) is 2.89. The summed E-state index contributed by atoms with van der Waals surface area (Å²) in [7, 11) is 0. The van der Waals surface area contributed by atoms with Gasteiger partial charge in [0.15, 0.2) is 0 Å². The summed E-state index contributed by atoms with van der Waals surface area (Å²) >= 11 is 0. The number of aliphatic hydroxyl groups excluding tert-OH is 1. The molecule has 2 rings (SSSR count).